The number of rotatable bonds is 4. The summed E-state index contributed by atoms with van der Waals surface area (Å²) in [5.74, 6) is -0.314. The van der Waals surface area contributed by atoms with E-state index < -0.39 is 0 Å². The minimum Gasteiger partial charge on any atom is -0.322 e. The Morgan fingerprint density at radius 1 is 0.971 bits per heavy atom. The van der Waals surface area contributed by atoms with Crippen molar-refractivity contribution in [2.45, 2.75) is 0 Å². The summed E-state index contributed by atoms with van der Waals surface area (Å²) in [4.78, 5) is 22.4. The summed E-state index contributed by atoms with van der Waals surface area (Å²) >= 11 is 13.6. The smallest absolute Gasteiger partial charge is 0.255 e. The molecular weight excluding hydrogens is 487 g/mol. The molecule has 0 spiro atoms. The Bertz CT molecular complexity index is 1590. The van der Waals surface area contributed by atoms with Gasteiger partial charge in [-0.2, -0.15) is 5.26 Å². The summed E-state index contributed by atoms with van der Waals surface area (Å²) in [6.45, 7) is 0. The molecule has 5 rings (SSSR count). The molecule has 0 fully saturated rings. The van der Waals surface area contributed by atoms with Crippen molar-refractivity contribution in [1.82, 2.24) is 9.97 Å². The lowest BCUT2D eigenvalue weighted by Gasteiger charge is -2.10. The van der Waals surface area contributed by atoms with Crippen LogP contribution in [0.25, 0.3) is 31.8 Å². The minimum atomic E-state index is -0.314. The van der Waals surface area contributed by atoms with Crippen LogP contribution in [0.1, 0.15) is 15.9 Å². The number of benzene rings is 2. The molecule has 0 atom stereocenters. The van der Waals surface area contributed by atoms with Gasteiger partial charge >= 0.3 is 0 Å². The molecule has 3 aromatic heterocycles. The molecular formula is C26H14Cl2N4OS. The molecule has 5 nitrogen and oxygen atoms in total. The first-order valence-corrected chi connectivity index (χ1v) is 11.7. The van der Waals surface area contributed by atoms with Crippen molar-refractivity contribution in [2.24, 2.45) is 0 Å². The lowest BCUT2D eigenvalue weighted by atomic mass is 10.0. The zero-order valence-corrected chi connectivity index (χ0v) is 19.7. The van der Waals surface area contributed by atoms with E-state index in [4.69, 9.17) is 23.2 Å². The number of hydrogen-bond donors (Lipinski definition) is 1. The van der Waals surface area contributed by atoms with Gasteiger partial charge in [-0.3, -0.25) is 14.8 Å². The number of hydrogen-bond acceptors (Lipinski definition) is 5. The lowest BCUT2D eigenvalue weighted by Crippen LogP contribution is -2.11. The van der Waals surface area contributed by atoms with E-state index in [1.807, 2.05) is 36.4 Å². The molecule has 0 aliphatic rings. The molecule has 2 aromatic carbocycles. The number of amides is 1. The van der Waals surface area contributed by atoms with Crippen LogP contribution in [0, 0.1) is 11.3 Å². The Morgan fingerprint density at radius 3 is 2.59 bits per heavy atom. The van der Waals surface area contributed by atoms with E-state index in [9.17, 15) is 10.1 Å². The Morgan fingerprint density at radius 2 is 1.82 bits per heavy atom. The number of aromatic nitrogens is 2. The third-order valence-electron chi connectivity index (χ3n) is 5.20. The first-order valence-electron chi connectivity index (χ1n) is 10.1. The van der Waals surface area contributed by atoms with E-state index in [1.165, 1.54) is 6.07 Å². The fourth-order valence-corrected chi connectivity index (χ4v) is 5.07. The lowest BCUT2D eigenvalue weighted by molar-refractivity contribution is 0.102. The number of anilines is 1. The average Bonchev–Trinajstić information content (AvgIpc) is 3.30. The quantitative estimate of drug-likeness (QED) is 0.277. The van der Waals surface area contributed by atoms with Crippen LogP contribution in [0.15, 0.2) is 79.3 Å². The van der Waals surface area contributed by atoms with Crippen molar-refractivity contribution >= 4 is 56.3 Å². The SMILES string of the molecule is N#Cc1cnc2cc(-c3cccnc3)sc2c1-c1cccc(NC(=O)c2ccc(Cl)c(Cl)c2)c1. The van der Waals surface area contributed by atoms with Gasteiger partial charge in [0.2, 0.25) is 0 Å². The molecule has 1 N–H and O–H groups in total. The van der Waals surface area contributed by atoms with Gasteiger partial charge < -0.3 is 5.32 Å². The summed E-state index contributed by atoms with van der Waals surface area (Å²) < 4.78 is 0.894. The minimum absolute atomic E-state index is 0.308. The van der Waals surface area contributed by atoms with Gasteiger partial charge in [0.1, 0.15) is 6.07 Å². The second-order valence-electron chi connectivity index (χ2n) is 7.39. The van der Waals surface area contributed by atoms with Crippen molar-refractivity contribution in [2.75, 3.05) is 5.32 Å². The Labute approximate surface area is 209 Å². The predicted octanol–water partition coefficient (Wildman–Crippen LogP) is 7.46. The molecule has 3 heterocycles. The number of nitriles is 1. The average molecular weight is 501 g/mol. The number of pyridine rings is 2. The number of nitrogens with one attached hydrogen (secondary N) is 1. The third kappa shape index (κ3) is 4.25. The van der Waals surface area contributed by atoms with Gasteiger partial charge in [-0.25, -0.2) is 0 Å². The van der Waals surface area contributed by atoms with Crippen LogP contribution in [0.4, 0.5) is 5.69 Å². The molecule has 5 aromatic rings. The van der Waals surface area contributed by atoms with Crippen LogP contribution in [0.5, 0.6) is 0 Å². The Kier molecular flexibility index (Phi) is 5.99. The number of carbonyl (C=O) groups excluding carboxylic acids is 1. The highest BCUT2D eigenvalue weighted by atomic mass is 35.5. The molecule has 164 valence electrons. The summed E-state index contributed by atoms with van der Waals surface area (Å²) in [5.41, 5.74) is 4.80. The maximum Gasteiger partial charge on any atom is 0.255 e. The fraction of sp³-hybridized carbons (Fsp3) is 0. The maximum absolute atomic E-state index is 12.7. The first-order chi connectivity index (χ1) is 16.5. The van der Waals surface area contributed by atoms with Crippen molar-refractivity contribution in [3.63, 3.8) is 0 Å². The van der Waals surface area contributed by atoms with Crippen molar-refractivity contribution in [1.29, 1.82) is 5.26 Å². The zero-order valence-electron chi connectivity index (χ0n) is 17.4. The number of thiophene rings is 1. The Balaban J connectivity index is 1.55. The van der Waals surface area contributed by atoms with Crippen LogP contribution in [0.3, 0.4) is 0 Å². The van der Waals surface area contributed by atoms with Gasteiger partial charge in [0.25, 0.3) is 5.91 Å². The normalized spacial score (nSPS) is 10.7. The topological polar surface area (TPSA) is 78.7 Å². The van der Waals surface area contributed by atoms with Gasteiger partial charge in [-0.05, 0) is 48.0 Å². The van der Waals surface area contributed by atoms with Gasteiger partial charge in [-0.15, -0.1) is 11.3 Å². The van der Waals surface area contributed by atoms with E-state index >= 15 is 0 Å². The largest absolute Gasteiger partial charge is 0.322 e. The highest BCUT2D eigenvalue weighted by molar-refractivity contribution is 7.22. The second kappa shape index (κ2) is 9.24. The fourth-order valence-electron chi connectivity index (χ4n) is 3.59. The van der Waals surface area contributed by atoms with E-state index in [0.717, 1.165) is 31.8 Å². The summed E-state index contributed by atoms with van der Waals surface area (Å²) in [6.07, 6.45) is 5.11. The summed E-state index contributed by atoms with van der Waals surface area (Å²) in [6, 6.07) is 20.2. The van der Waals surface area contributed by atoms with Crippen molar-refractivity contribution in [3.8, 4) is 27.6 Å². The van der Waals surface area contributed by atoms with Crippen LogP contribution >= 0.6 is 34.5 Å². The molecule has 0 saturated carbocycles. The van der Waals surface area contributed by atoms with Crippen LogP contribution in [0.2, 0.25) is 10.0 Å². The number of fused-ring (bicyclic) bond motifs is 1. The van der Waals surface area contributed by atoms with Crippen LogP contribution in [-0.2, 0) is 0 Å². The molecule has 34 heavy (non-hydrogen) atoms. The van der Waals surface area contributed by atoms with E-state index in [-0.39, 0.29) is 5.91 Å². The summed E-state index contributed by atoms with van der Waals surface area (Å²) in [5, 5.41) is 13.4. The molecule has 0 unspecified atom stereocenters. The van der Waals surface area contributed by atoms with E-state index in [0.29, 0.717) is 26.9 Å². The maximum atomic E-state index is 12.7. The van der Waals surface area contributed by atoms with Crippen molar-refractivity contribution in [3.05, 3.63) is 100 Å². The molecule has 0 radical (unpaired) electrons. The van der Waals surface area contributed by atoms with Crippen LogP contribution in [-0.4, -0.2) is 15.9 Å². The second-order valence-corrected chi connectivity index (χ2v) is 9.26. The molecule has 8 heteroatoms. The standard InChI is InChI=1S/C26H14Cl2N4OS/c27-20-7-6-16(10-21(20)28)26(33)32-19-5-1-3-15(9-19)24-18(12-29)14-31-22-11-23(34-25(22)24)17-4-2-8-30-13-17/h1-11,13-14H,(H,32,33). The molecule has 0 aliphatic heterocycles. The van der Waals surface area contributed by atoms with Gasteiger partial charge in [0.15, 0.2) is 0 Å². The first kappa shape index (κ1) is 22.1. The zero-order chi connectivity index (χ0) is 23.7. The van der Waals surface area contributed by atoms with Gasteiger partial charge in [0, 0.05) is 45.8 Å². The molecule has 0 saturated heterocycles. The number of carbonyl (C=O) groups is 1. The third-order valence-corrected chi connectivity index (χ3v) is 7.13. The van der Waals surface area contributed by atoms with Gasteiger partial charge in [-0.1, -0.05) is 41.4 Å². The van der Waals surface area contributed by atoms with Crippen molar-refractivity contribution < 1.29 is 4.79 Å². The van der Waals surface area contributed by atoms with E-state index in [1.54, 1.807) is 48.1 Å². The molecule has 0 aliphatic carbocycles. The van der Waals surface area contributed by atoms with Gasteiger partial charge in [0.05, 0.1) is 25.8 Å². The highest BCUT2D eigenvalue weighted by Gasteiger charge is 2.16. The Hall–Kier alpha value is -3.76. The highest BCUT2D eigenvalue weighted by Crippen LogP contribution is 2.40. The number of halogens is 2. The monoisotopic (exact) mass is 500 g/mol. The van der Waals surface area contributed by atoms with Crippen LogP contribution < -0.4 is 5.32 Å². The number of nitrogens with zero attached hydrogens (tertiary/aromatic N) is 3. The molecule has 0 bridgehead atoms. The van der Waals surface area contributed by atoms with E-state index in [2.05, 4.69) is 21.4 Å². The summed E-state index contributed by atoms with van der Waals surface area (Å²) in [7, 11) is 0. The molecule has 1 amide bonds. The predicted molar refractivity (Wildman–Crippen MR) is 137 cm³/mol.